The minimum atomic E-state index is 1.10. The number of para-hydroxylation sites is 1. The summed E-state index contributed by atoms with van der Waals surface area (Å²) in [6.45, 7) is 0. The Hall–Kier alpha value is -6.44. The van der Waals surface area contributed by atoms with Gasteiger partial charge in [0.2, 0.25) is 0 Å². The first-order chi connectivity index (χ1) is 24.3. The van der Waals surface area contributed by atoms with Gasteiger partial charge in [0.25, 0.3) is 0 Å². The molecule has 0 heterocycles. The Morgan fingerprint density at radius 1 is 0.204 bits per heavy atom. The molecule has 232 valence electrons. The minimum Gasteiger partial charge on any atom is -0.310 e. The van der Waals surface area contributed by atoms with Crippen LogP contribution in [0.5, 0.6) is 0 Å². The van der Waals surface area contributed by atoms with Gasteiger partial charge >= 0.3 is 0 Å². The second kappa shape index (κ2) is 13.7. The maximum Gasteiger partial charge on any atom is 0.0468 e. The molecule has 0 unspecified atom stereocenters. The standard InChI is InChI=1S/C48H35N/c1-5-15-36(16-6-1)38-27-29-45(30-28-38)49(44-25-11-4-12-26-44)46-31-32-47(48(35-46)39-19-9-3-10-20-39)43-24-14-23-42(34-43)41-22-13-21-40(33-41)37-17-7-2-8-18-37/h1-35H. The highest BCUT2D eigenvalue weighted by Crippen LogP contribution is 2.41. The van der Waals surface area contributed by atoms with Crippen LogP contribution in [0.4, 0.5) is 17.1 Å². The lowest BCUT2D eigenvalue weighted by atomic mass is 9.91. The van der Waals surface area contributed by atoms with E-state index in [0.717, 1.165) is 17.1 Å². The van der Waals surface area contributed by atoms with Gasteiger partial charge in [-0.2, -0.15) is 0 Å². The van der Waals surface area contributed by atoms with Crippen molar-refractivity contribution in [2.75, 3.05) is 4.90 Å². The van der Waals surface area contributed by atoms with Crippen LogP contribution in [0.1, 0.15) is 0 Å². The maximum absolute atomic E-state index is 2.34. The average molecular weight is 626 g/mol. The lowest BCUT2D eigenvalue weighted by Crippen LogP contribution is -2.10. The molecule has 49 heavy (non-hydrogen) atoms. The molecule has 8 rings (SSSR count). The highest BCUT2D eigenvalue weighted by molar-refractivity contribution is 5.90. The van der Waals surface area contributed by atoms with Crippen LogP contribution in [0, 0.1) is 0 Å². The van der Waals surface area contributed by atoms with E-state index in [1.54, 1.807) is 0 Å². The minimum absolute atomic E-state index is 1.10. The Morgan fingerprint density at radius 2 is 0.592 bits per heavy atom. The first-order valence-corrected chi connectivity index (χ1v) is 16.8. The Morgan fingerprint density at radius 3 is 1.18 bits per heavy atom. The van der Waals surface area contributed by atoms with Crippen molar-refractivity contribution >= 4 is 17.1 Å². The Bertz CT molecular complexity index is 2290. The summed E-state index contributed by atoms with van der Waals surface area (Å²) in [5.74, 6) is 0. The van der Waals surface area contributed by atoms with E-state index in [9.17, 15) is 0 Å². The normalized spacial score (nSPS) is 10.9. The number of nitrogens with zero attached hydrogens (tertiary/aromatic N) is 1. The summed E-state index contributed by atoms with van der Waals surface area (Å²) in [4.78, 5) is 2.34. The fourth-order valence-corrected chi connectivity index (χ4v) is 6.61. The lowest BCUT2D eigenvalue weighted by Gasteiger charge is -2.27. The number of hydrogen-bond acceptors (Lipinski definition) is 1. The van der Waals surface area contributed by atoms with E-state index < -0.39 is 0 Å². The quantitative estimate of drug-likeness (QED) is 0.162. The molecule has 0 atom stereocenters. The van der Waals surface area contributed by atoms with Gasteiger partial charge in [0.15, 0.2) is 0 Å². The molecule has 0 aliphatic carbocycles. The second-order valence-corrected chi connectivity index (χ2v) is 12.2. The van der Waals surface area contributed by atoms with Crippen LogP contribution >= 0.6 is 0 Å². The molecule has 0 spiro atoms. The van der Waals surface area contributed by atoms with Crippen LogP contribution in [0.3, 0.4) is 0 Å². The summed E-state index contributed by atoms with van der Waals surface area (Å²) in [5.41, 5.74) is 15.3. The third-order valence-corrected chi connectivity index (χ3v) is 9.07. The molecular weight excluding hydrogens is 591 g/mol. The molecule has 1 heteroatoms. The monoisotopic (exact) mass is 625 g/mol. The van der Waals surface area contributed by atoms with Crippen LogP contribution in [0.2, 0.25) is 0 Å². The zero-order valence-corrected chi connectivity index (χ0v) is 27.2. The van der Waals surface area contributed by atoms with Crippen molar-refractivity contribution in [1.82, 2.24) is 0 Å². The van der Waals surface area contributed by atoms with Gasteiger partial charge in [-0.25, -0.2) is 0 Å². The predicted octanol–water partition coefficient (Wildman–Crippen LogP) is 13.5. The third kappa shape index (κ3) is 6.43. The number of rotatable bonds is 8. The largest absolute Gasteiger partial charge is 0.310 e. The molecule has 0 aromatic heterocycles. The molecule has 0 aliphatic rings. The fourth-order valence-electron chi connectivity index (χ4n) is 6.61. The Balaban J connectivity index is 1.22. The van der Waals surface area contributed by atoms with E-state index in [1.165, 1.54) is 55.6 Å². The van der Waals surface area contributed by atoms with Crippen molar-refractivity contribution in [1.29, 1.82) is 0 Å². The average Bonchev–Trinajstić information content (AvgIpc) is 3.20. The summed E-state index contributed by atoms with van der Waals surface area (Å²) in [6.07, 6.45) is 0. The van der Waals surface area contributed by atoms with Crippen LogP contribution in [-0.2, 0) is 0 Å². The van der Waals surface area contributed by atoms with Gasteiger partial charge < -0.3 is 4.90 Å². The van der Waals surface area contributed by atoms with Crippen molar-refractivity contribution in [3.05, 3.63) is 212 Å². The lowest BCUT2D eigenvalue weighted by molar-refractivity contribution is 1.28. The molecule has 0 bridgehead atoms. The summed E-state index contributed by atoms with van der Waals surface area (Å²) < 4.78 is 0. The molecule has 0 amide bonds. The summed E-state index contributed by atoms with van der Waals surface area (Å²) in [7, 11) is 0. The zero-order valence-electron chi connectivity index (χ0n) is 27.2. The number of anilines is 3. The molecule has 0 saturated heterocycles. The van der Waals surface area contributed by atoms with E-state index in [2.05, 4.69) is 217 Å². The van der Waals surface area contributed by atoms with Crippen molar-refractivity contribution in [3.8, 4) is 55.6 Å². The number of benzene rings is 8. The van der Waals surface area contributed by atoms with E-state index in [-0.39, 0.29) is 0 Å². The van der Waals surface area contributed by atoms with Gasteiger partial charge in [-0.3, -0.25) is 0 Å². The smallest absolute Gasteiger partial charge is 0.0468 e. The third-order valence-electron chi connectivity index (χ3n) is 9.07. The van der Waals surface area contributed by atoms with E-state index in [0.29, 0.717) is 0 Å². The van der Waals surface area contributed by atoms with Crippen molar-refractivity contribution in [2.45, 2.75) is 0 Å². The summed E-state index contributed by atoms with van der Waals surface area (Å²) in [5, 5.41) is 0. The number of hydrogen-bond donors (Lipinski definition) is 0. The predicted molar refractivity (Wildman–Crippen MR) is 208 cm³/mol. The molecule has 0 N–H and O–H groups in total. The van der Waals surface area contributed by atoms with Crippen molar-refractivity contribution in [2.24, 2.45) is 0 Å². The topological polar surface area (TPSA) is 3.24 Å². The molecule has 0 fully saturated rings. The van der Waals surface area contributed by atoms with E-state index >= 15 is 0 Å². The molecule has 0 radical (unpaired) electrons. The van der Waals surface area contributed by atoms with Gasteiger partial charge in [0.05, 0.1) is 0 Å². The van der Waals surface area contributed by atoms with Gasteiger partial charge in [-0.1, -0.05) is 164 Å². The second-order valence-electron chi connectivity index (χ2n) is 12.2. The first-order valence-electron chi connectivity index (χ1n) is 16.8. The van der Waals surface area contributed by atoms with Crippen LogP contribution in [0.15, 0.2) is 212 Å². The Labute approximate surface area is 289 Å². The van der Waals surface area contributed by atoms with Gasteiger partial charge in [0.1, 0.15) is 0 Å². The first kappa shape index (κ1) is 29.9. The fraction of sp³-hybridized carbons (Fsp3) is 0. The molecule has 1 nitrogen and oxygen atoms in total. The van der Waals surface area contributed by atoms with Crippen LogP contribution in [0.25, 0.3) is 55.6 Å². The summed E-state index contributed by atoms with van der Waals surface area (Å²) >= 11 is 0. The van der Waals surface area contributed by atoms with Crippen LogP contribution in [-0.4, -0.2) is 0 Å². The molecular formula is C48H35N. The molecule has 8 aromatic carbocycles. The molecule has 8 aromatic rings. The highest BCUT2D eigenvalue weighted by atomic mass is 15.1. The van der Waals surface area contributed by atoms with E-state index in [1.807, 2.05) is 0 Å². The zero-order chi connectivity index (χ0) is 32.8. The van der Waals surface area contributed by atoms with Gasteiger partial charge in [-0.05, 0) is 104 Å². The van der Waals surface area contributed by atoms with E-state index in [4.69, 9.17) is 0 Å². The summed E-state index contributed by atoms with van der Waals surface area (Å²) in [6, 6.07) is 76.0. The highest BCUT2D eigenvalue weighted by Gasteiger charge is 2.17. The van der Waals surface area contributed by atoms with Crippen LogP contribution < -0.4 is 4.90 Å². The van der Waals surface area contributed by atoms with Gasteiger partial charge in [-0.15, -0.1) is 0 Å². The molecule has 0 saturated carbocycles. The Kier molecular flexibility index (Phi) is 8.39. The molecule has 0 aliphatic heterocycles. The van der Waals surface area contributed by atoms with Crippen molar-refractivity contribution in [3.63, 3.8) is 0 Å². The SMILES string of the molecule is c1ccc(-c2ccc(N(c3ccccc3)c3ccc(-c4cccc(-c5cccc(-c6ccccc6)c5)c4)c(-c4ccccc4)c3)cc2)cc1. The maximum atomic E-state index is 2.34. The van der Waals surface area contributed by atoms with Gasteiger partial charge in [0, 0.05) is 17.1 Å². The van der Waals surface area contributed by atoms with Crippen molar-refractivity contribution < 1.29 is 0 Å².